The van der Waals surface area contributed by atoms with Crippen molar-refractivity contribution in [1.82, 2.24) is 10.2 Å². The van der Waals surface area contributed by atoms with E-state index in [1.54, 1.807) is 0 Å². The lowest BCUT2D eigenvalue weighted by Crippen LogP contribution is -2.41. The molecule has 2 heteroatoms. The van der Waals surface area contributed by atoms with Crippen LogP contribution in [0.25, 0.3) is 0 Å². The van der Waals surface area contributed by atoms with Gasteiger partial charge >= 0.3 is 0 Å². The van der Waals surface area contributed by atoms with Gasteiger partial charge in [0.1, 0.15) is 0 Å². The summed E-state index contributed by atoms with van der Waals surface area (Å²) in [5.74, 6) is 1.80. The van der Waals surface area contributed by atoms with Crippen LogP contribution in [-0.2, 0) is 0 Å². The Morgan fingerprint density at radius 1 is 1.18 bits per heavy atom. The first kappa shape index (κ1) is 15.0. The first-order valence-electron chi connectivity index (χ1n) is 7.39. The summed E-state index contributed by atoms with van der Waals surface area (Å²) in [4.78, 5) is 2.27. The molecule has 0 bridgehead atoms. The van der Waals surface area contributed by atoms with Crippen LogP contribution in [0.1, 0.15) is 52.9 Å². The van der Waals surface area contributed by atoms with Gasteiger partial charge in [0.2, 0.25) is 0 Å². The average molecular weight is 240 g/mol. The molecule has 1 fully saturated rings. The Kier molecular flexibility index (Phi) is 6.50. The molecule has 1 aliphatic carbocycles. The maximum absolute atomic E-state index is 3.83. The summed E-state index contributed by atoms with van der Waals surface area (Å²) >= 11 is 0. The molecule has 0 amide bonds. The van der Waals surface area contributed by atoms with Crippen molar-refractivity contribution in [2.24, 2.45) is 11.8 Å². The van der Waals surface area contributed by atoms with E-state index in [1.165, 1.54) is 38.6 Å². The number of hydrogen-bond acceptors (Lipinski definition) is 2. The standard InChI is InChI=1S/C15H32N2/c1-12(2)14-7-6-8-15(11-14)16-13(3)9-10-17(4)5/h12-16H,6-11H2,1-5H3. The molecule has 1 saturated carbocycles. The molecule has 3 unspecified atom stereocenters. The van der Waals surface area contributed by atoms with Gasteiger partial charge in [0.15, 0.2) is 0 Å². The van der Waals surface area contributed by atoms with Gasteiger partial charge in [-0.2, -0.15) is 0 Å². The molecule has 0 heterocycles. The van der Waals surface area contributed by atoms with Gasteiger partial charge in [0, 0.05) is 12.1 Å². The smallest absolute Gasteiger partial charge is 0.00722 e. The maximum Gasteiger partial charge on any atom is 0.00722 e. The Hall–Kier alpha value is -0.0800. The largest absolute Gasteiger partial charge is 0.311 e. The molecule has 1 N–H and O–H groups in total. The minimum Gasteiger partial charge on any atom is -0.311 e. The summed E-state index contributed by atoms with van der Waals surface area (Å²) < 4.78 is 0. The lowest BCUT2D eigenvalue weighted by Gasteiger charge is -2.34. The van der Waals surface area contributed by atoms with E-state index < -0.39 is 0 Å². The van der Waals surface area contributed by atoms with Crippen molar-refractivity contribution in [3.63, 3.8) is 0 Å². The Bertz CT molecular complexity index is 201. The Balaban J connectivity index is 2.25. The molecule has 2 nitrogen and oxygen atoms in total. The molecule has 0 aromatic rings. The fourth-order valence-corrected chi connectivity index (χ4v) is 2.92. The van der Waals surface area contributed by atoms with Crippen LogP contribution in [0.3, 0.4) is 0 Å². The molecule has 0 aromatic carbocycles. The predicted molar refractivity (Wildman–Crippen MR) is 76.4 cm³/mol. The molecular formula is C15H32N2. The van der Waals surface area contributed by atoms with E-state index in [2.05, 4.69) is 45.1 Å². The van der Waals surface area contributed by atoms with Crippen LogP contribution in [-0.4, -0.2) is 37.6 Å². The van der Waals surface area contributed by atoms with Crippen molar-refractivity contribution in [3.8, 4) is 0 Å². The van der Waals surface area contributed by atoms with Crippen molar-refractivity contribution >= 4 is 0 Å². The SMILES string of the molecule is CC(CCN(C)C)NC1CCCC(C(C)C)C1. The molecule has 1 rings (SSSR count). The van der Waals surface area contributed by atoms with E-state index >= 15 is 0 Å². The summed E-state index contributed by atoms with van der Waals surface area (Å²) in [5, 5.41) is 3.83. The third-order valence-electron chi connectivity index (χ3n) is 4.19. The van der Waals surface area contributed by atoms with Gasteiger partial charge in [-0.15, -0.1) is 0 Å². The lowest BCUT2D eigenvalue weighted by molar-refractivity contribution is 0.217. The van der Waals surface area contributed by atoms with Gasteiger partial charge in [-0.05, 0) is 58.7 Å². The zero-order chi connectivity index (χ0) is 12.8. The second-order valence-electron chi connectivity index (χ2n) is 6.53. The van der Waals surface area contributed by atoms with Gasteiger partial charge in [-0.1, -0.05) is 26.7 Å². The van der Waals surface area contributed by atoms with E-state index in [0.29, 0.717) is 6.04 Å². The van der Waals surface area contributed by atoms with Crippen molar-refractivity contribution in [2.45, 2.75) is 65.0 Å². The normalized spacial score (nSPS) is 27.7. The van der Waals surface area contributed by atoms with E-state index in [9.17, 15) is 0 Å². The summed E-state index contributed by atoms with van der Waals surface area (Å²) in [6, 6.07) is 1.43. The Morgan fingerprint density at radius 2 is 1.88 bits per heavy atom. The van der Waals surface area contributed by atoms with Crippen molar-refractivity contribution < 1.29 is 0 Å². The number of hydrogen-bond donors (Lipinski definition) is 1. The van der Waals surface area contributed by atoms with Gasteiger partial charge in [0.05, 0.1) is 0 Å². The van der Waals surface area contributed by atoms with Crippen molar-refractivity contribution in [1.29, 1.82) is 0 Å². The molecule has 3 atom stereocenters. The highest BCUT2D eigenvalue weighted by atomic mass is 15.1. The van der Waals surface area contributed by atoms with Gasteiger partial charge in [-0.3, -0.25) is 0 Å². The molecule has 0 aliphatic heterocycles. The van der Waals surface area contributed by atoms with Gasteiger partial charge in [-0.25, -0.2) is 0 Å². The highest BCUT2D eigenvalue weighted by Crippen LogP contribution is 2.30. The molecule has 0 spiro atoms. The quantitative estimate of drug-likeness (QED) is 0.767. The highest BCUT2D eigenvalue weighted by molar-refractivity contribution is 4.81. The Labute approximate surface area is 108 Å². The molecular weight excluding hydrogens is 208 g/mol. The van der Waals surface area contributed by atoms with E-state index in [1.807, 2.05) is 0 Å². The third kappa shape index (κ3) is 5.87. The van der Waals surface area contributed by atoms with Crippen LogP contribution >= 0.6 is 0 Å². The summed E-state index contributed by atoms with van der Waals surface area (Å²) in [5.41, 5.74) is 0. The highest BCUT2D eigenvalue weighted by Gasteiger charge is 2.24. The number of rotatable bonds is 6. The molecule has 0 saturated heterocycles. The second kappa shape index (κ2) is 7.38. The third-order valence-corrected chi connectivity index (χ3v) is 4.19. The summed E-state index contributed by atoms with van der Waals surface area (Å²) in [6.45, 7) is 8.28. The predicted octanol–water partition coefficient (Wildman–Crippen LogP) is 3.13. The van der Waals surface area contributed by atoms with Gasteiger partial charge < -0.3 is 10.2 Å². The minimum absolute atomic E-state index is 0.660. The molecule has 102 valence electrons. The molecule has 17 heavy (non-hydrogen) atoms. The van der Waals surface area contributed by atoms with Crippen LogP contribution < -0.4 is 5.32 Å². The molecule has 1 aliphatic rings. The first-order valence-corrected chi connectivity index (χ1v) is 7.39. The lowest BCUT2D eigenvalue weighted by atomic mass is 9.79. The number of nitrogens with zero attached hydrogens (tertiary/aromatic N) is 1. The van der Waals surface area contributed by atoms with Crippen molar-refractivity contribution in [3.05, 3.63) is 0 Å². The van der Waals surface area contributed by atoms with E-state index in [0.717, 1.165) is 17.9 Å². The maximum atomic E-state index is 3.83. The summed E-state index contributed by atoms with van der Waals surface area (Å²) in [6.07, 6.45) is 6.90. The van der Waals surface area contributed by atoms with Crippen LogP contribution in [0.5, 0.6) is 0 Å². The second-order valence-corrected chi connectivity index (χ2v) is 6.53. The van der Waals surface area contributed by atoms with Crippen molar-refractivity contribution in [2.75, 3.05) is 20.6 Å². The fraction of sp³-hybridized carbons (Fsp3) is 1.00. The Morgan fingerprint density at radius 3 is 2.47 bits per heavy atom. The number of nitrogens with one attached hydrogen (secondary N) is 1. The molecule has 0 aromatic heterocycles. The minimum atomic E-state index is 0.660. The van der Waals surface area contributed by atoms with Gasteiger partial charge in [0.25, 0.3) is 0 Å². The first-order chi connectivity index (χ1) is 7.99. The zero-order valence-corrected chi connectivity index (χ0v) is 12.5. The monoisotopic (exact) mass is 240 g/mol. The topological polar surface area (TPSA) is 15.3 Å². The summed E-state index contributed by atoms with van der Waals surface area (Å²) in [7, 11) is 4.31. The van der Waals surface area contributed by atoms with Crippen LogP contribution in [0.15, 0.2) is 0 Å². The van der Waals surface area contributed by atoms with Crippen LogP contribution in [0.2, 0.25) is 0 Å². The zero-order valence-electron chi connectivity index (χ0n) is 12.5. The fourth-order valence-electron chi connectivity index (χ4n) is 2.92. The van der Waals surface area contributed by atoms with E-state index in [4.69, 9.17) is 0 Å². The van der Waals surface area contributed by atoms with E-state index in [-0.39, 0.29) is 0 Å². The van der Waals surface area contributed by atoms with Crippen LogP contribution in [0, 0.1) is 11.8 Å². The average Bonchev–Trinajstić information content (AvgIpc) is 2.26. The molecule has 0 radical (unpaired) electrons. The van der Waals surface area contributed by atoms with Crippen LogP contribution in [0.4, 0.5) is 0 Å².